The Morgan fingerprint density at radius 3 is 1.84 bits per heavy atom. The van der Waals surface area contributed by atoms with Crippen LogP contribution in [0, 0.1) is 5.92 Å². The van der Waals surface area contributed by atoms with Crippen molar-refractivity contribution < 1.29 is 29.3 Å². The molecule has 1 aromatic carbocycles. The van der Waals surface area contributed by atoms with Crippen LogP contribution in [0.1, 0.15) is 122 Å². The van der Waals surface area contributed by atoms with Crippen LogP contribution in [0.25, 0.3) is 0 Å². The van der Waals surface area contributed by atoms with Crippen molar-refractivity contribution in [1.29, 1.82) is 0 Å². The number of ether oxygens (including phenoxy) is 1. The summed E-state index contributed by atoms with van der Waals surface area (Å²) >= 11 is 0. The van der Waals surface area contributed by atoms with Crippen LogP contribution in [0.4, 0.5) is 0 Å². The number of rotatable bonds is 17. The third kappa shape index (κ3) is 9.99. The molecule has 0 heterocycles. The van der Waals surface area contributed by atoms with Gasteiger partial charge in [-0.25, -0.2) is 14.4 Å². The normalized spacial score (nSPS) is 10.9. The molecule has 0 fully saturated rings. The number of carboxylic acids is 2. The van der Waals surface area contributed by atoms with Crippen LogP contribution in [-0.4, -0.2) is 34.7 Å². The number of carboxylic acid groups (broad SMARTS) is 2. The molecular weight excluding hydrogens is 396 g/mol. The van der Waals surface area contributed by atoms with Gasteiger partial charge in [0.05, 0.1) is 23.3 Å². The van der Waals surface area contributed by atoms with E-state index in [2.05, 4.69) is 13.8 Å². The molecule has 6 heteroatoms. The van der Waals surface area contributed by atoms with Crippen molar-refractivity contribution in [2.75, 3.05) is 6.61 Å². The summed E-state index contributed by atoms with van der Waals surface area (Å²) in [4.78, 5) is 35.2. The van der Waals surface area contributed by atoms with Crippen LogP contribution >= 0.6 is 0 Å². The first kappa shape index (κ1) is 26.7. The monoisotopic (exact) mass is 434 g/mol. The van der Waals surface area contributed by atoms with Gasteiger partial charge in [-0.1, -0.05) is 84.1 Å². The van der Waals surface area contributed by atoms with Gasteiger partial charge in [0.1, 0.15) is 0 Å². The second-order valence-corrected chi connectivity index (χ2v) is 8.18. The summed E-state index contributed by atoms with van der Waals surface area (Å²) in [5, 5.41) is 18.5. The maximum Gasteiger partial charge on any atom is 0.339 e. The summed E-state index contributed by atoms with van der Waals surface area (Å²) in [7, 11) is 0. The van der Waals surface area contributed by atoms with Crippen LogP contribution < -0.4 is 0 Å². The zero-order chi connectivity index (χ0) is 23.1. The second-order valence-electron chi connectivity index (χ2n) is 8.18. The Hall–Kier alpha value is -2.37. The average Bonchev–Trinajstić information content (AvgIpc) is 2.75. The van der Waals surface area contributed by atoms with E-state index in [-0.39, 0.29) is 12.2 Å². The van der Waals surface area contributed by atoms with Gasteiger partial charge < -0.3 is 14.9 Å². The van der Waals surface area contributed by atoms with Crippen molar-refractivity contribution in [3.05, 3.63) is 34.9 Å². The Morgan fingerprint density at radius 2 is 1.32 bits per heavy atom. The number of benzene rings is 1. The summed E-state index contributed by atoms with van der Waals surface area (Å²) in [6.45, 7) is 4.62. The van der Waals surface area contributed by atoms with Crippen LogP contribution in [0.15, 0.2) is 18.2 Å². The third-order valence-electron chi connectivity index (χ3n) is 5.65. The van der Waals surface area contributed by atoms with Crippen molar-refractivity contribution in [2.24, 2.45) is 5.92 Å². The Balaban J connectivity index is 2.59. The van der Waals surface area contributed by atoms with Gasteiger partial charge in [-0.05, 0) is 30.9 Å². The lowest BCUT2D eigenvalue weighted by Gasteiger charge is -2.17. The molecule has 6 nitrogen and oxygen atoms in total. The smallest absolute Gasteiger partial charge is 0.339 e. The fourth-order valence-electron chi connectivity index (χ4n) is 3.90. The maximum atomic E-state index is 12.4. The highest BCUT2D eigenvalue weighted by Crippen LogP contribution is 2.23. The van der Waals surface area contributed by atoms with E-state index in [9.17, 15) is 24.6 Å². The molecule has 0 aliphatic rings. The summed E-state index contributed by atoms with van der Waals surface area (Å²) in [6.07, 6.45) is 14.1. The molecule has 0 saturated heterocycles. The zero-order valence-corrected chi connectivity index (χ0v) is 19.0. The van der Waals surface area contributed by atoms with Gasteiger partial charge in [0.25, 0.3) is 0 Å². The minimum atomic E-state index is -1.45. The van der Waals surface area contributed by atoms with Gasteiger partial charge in [0.2, 0.25) is 0 Å². The second kappa shape index (κ2) is 15.4. The highest BCUT2D eigenvalue weighted by Gasteiger charge is 2.24. The van der Waals surface area contributed by atoms with Gasteiger partial charge >= 0.3 is 17.9 Å². The highest BCUT2D eigenvalue weighted by atomic mass is 16.5. The summed E-state index contributed by atoms with van der Waals surface area (Å²) < 4.78 is 5.29. The minimum absolute atomic E-state index is 0.204. The largest absolute Gasteiger partial charge is 0.478 e. The first-order chi connectivity index (χ1) is 14.9. The Morgan fingerprint density at radius 1 is 0.774 bits per heavy atom. The molecule has 0 spiro atoms. The first-order valence-electron chi connectivity index (χ1n) is 11.7. The zero-order valence-electron chi connectivity index (χ0n) is 19.0. The van der Waals surface area contributed by atoms with E-state index in [1.54, 1.807) is 0 Å². The SMILES string of the molecule is CCCCCCC(CCCCCC)CCCOC(=O)c1cccc(C(=O)O)c1C(=O)O. The number of esters is 1. The van der Waals surface area contributed by atoms with E-state index < -0.39 is 29.0 Å². The molecule has 1 aromatic rings. The molecule has 1 rings (SSSR count). The maximum absolute atomic E-state index is 12.4. The van der Waals surface area contributed by atoms with Crippen LogP contribution in [0.2, 0.25) is 0 Å². The van der Waals surface area contributed by atoms with Crippen LogP contribution in [-0.2, 0) is 4.74 Å². The average molecular weight is 435 g/mol. The highest BCUT2D eigenvalue weighted by molar-refractivity contribution is 6.09. The van der Waals surface area contributed by atoms with Gasteiger partial charge in [-0.3, -0.25) is 0 Å². The van der Waals surface area contributed by atoms with Crippen molar-refractivity contribution in [3.8, 4) is 0 Å². The lowest BCUT2D eigenvalue weighted by atomic mass is 9.90. The minimum Gasteiger partial charge on any atom is -0.478 e. The van der Waals surface area contributed by atoms with E-state index in [1.807, 2.05) is 0 Å². The van der Waals surface area contributed by atoms with Crippen LogP contribution in [0.5, 0.6) is 0 Å². The predicted molar refractivity (Wildman–Crippen MR) is 121 cm³/mol. The van der Waals surface area contributed by atoms with Crippen molar-refractivity contribution in [3.63, 3.8) is 0 Å². The Bertz CT molecular complexity index is 685. The molecule has 0 aliphatic heterocycles. The fraction of sp³-hybridized carbons (Fsp3) is 0.640. The number of hydrogen-bond acceptors (Lipinski definition) is 4. The molecule has 0 bridgehead atoms. The van der Waals surface area contributed by atoms with Gasteiger partial charge in [0, 0.05) is 0 Å². The standard InChI is InChI=1S/C25H38O6/c1-3-5-7-9-13-19(14-10-8-6-4-2)15-12-18-31-25(30)21-17-11-16-20(23(26)27)22(21)24(28)29/h11,16-17,19H,3-10,12-15,18H2,1-2H3,(H,26,27)(H,28,29). The molecule has 31 heavy (non-hydrogen) atoms. The summed E-state index contributed by atoms with van der Waals surface area (Å²) in [5.74, 6) is -3.01. The Labute approximate surface area is 186 Å². The molecule has 0 saturated carbocycles. The number of carbonyl (C=O) groups is 3. The molecule has 2 N–H and O–H groups in total. The van der Waals surface area contributed by atoms with Crippen molar-refractivity contribution >= 4 is 17.9 Å². The van der Waals surface area contributed by atoms with E-state index in [0.29, 0.717) is 5.92 Å². The molecule has 0 aliphatic carbocycles. The lowest BCUT2D eigenvalue weighted by Crippen LogP contribution is -2.17. The lowest BCUT2D eigenvalue weighted by molar-refractivity contribution is 0.0481. The molecule has 0 atom stereocenters. The van der Waals surface area contributed by atoms with E-state index in [0.717, 1.165) is 12.8 Å². The van der Waals surface area contributed by atoms with E-state index in [4.69, 9.17) is 4.74 Å². The van der Waals surface area contributed by atoms with Crippen molar-refractivity contribution in [1.82, 2.24) is 0 Å². The molecule has 0 unspecified atom stereocenters. The van der Waals surface area contributed by atoms with Gasteiger partial charge in [-0.15, -0.1) is 0 Å². The molecule has 174 valence electrons. The predicted octanol–water partition coefficient (Wildman–Crippen LogP) is 6.58. The number of unbranched alkanes of at least 4 members (excludes halogenated alkanes) is 6. The van der Waals surface area contributed by atoms with Gasteiger partial charge in [-0.2, -0.15) is 0 Å². The number of aromatic carboxylic acids is 2. The first-order valence-corrected chi connectivity index (χ1v) is 11.7. The molecular formula is C25H38O6. The third-order valence-corrected chi connectivity index (χ3v) is 5.65. The van der Waals surface area contributed by atoms with Crippen molar-refractivity contribution in [2.45, 2.75) is 90.9 Å². The Kier molecular flexibility index (Phi) is 13.3. The quantitative estimate of drug-likeness (QED) is 0.212. The molecule has 0 amide bonds. The van der Waals surface area contributed by atoms with Crippen LogP contribution in [0.3, 0.4) is 0 Å². The number of hydrogen-bond donors (Lipinski definition) is 2. The van der Waals surface area contributed by atoms with E-state index in [1.165, 1.54) is 82.4 Å². The van der Waals surface area contributed by atoms with E-state index >= 15 is 0 Å². The van der Waals surface area contributed by atoms with Gasteiger partial charge in [0.15, 0.2) is 0 Å². The molecule has 0 radical (unpaired) electrons. The number of carbonyl (C=O) groups excluding carboxylic acids is 1. The topological polar surface area (TPSA) is 101 Å². The fourth-order valence-corrected chi connectivity index (χ4v) is 3.90. The summed E-state index contributed by atoms with van der Waals surface area (Å²) in [6, 6.07) is 3.82. The summed E-state index contributed by atoms with van der Waals surface area (Å²) in [5.41, 5.74) is -1.16. The molecule has 0 aromatic heterocycles.